The van der Waals surface area contributed by atoms with Gasteiger partial charge >= 0.3 is 5.97 Å². The molecule has 0 saturated heterocycles. The average Bonchev–Trinajstić information content (AvgIpc) is 2.95. The standard InChI is InChI=1S/C15H12FNO4/c1-10(8-17)20-15(18)14-7-6-13(21-14)9-19-12-4-2-11(16)3-5-12/h2-7,10H,9H2,1H3/t10-/m0/s1. The molecule has 0 radical (unpaired) electrons. The number of nitrogens with zero attached hydrogens (tertiary/aromatic N) is 1. The number of benzene rings is 1. The molecule has 2 aromatic rings. The fourth-order valence-electron chi connectivity index (χ4n) is 1.50. The van der Waals surface area contributed by atoms with Crippen molar-refractivity contribution in [3.8, 4) is 11.8 Å². The Balaban J connectivity index is 1.92. The molecule has 1 heterocycles. The van der Waals surface area contributed by atoms with Crippen LogP contribution in [0.4, 0.5) is 4.39 Å². The number of carbonyl (C=O) groups excluding carboxylic acids is 1. The minimum Gasteiger partial charge on any atom is -0.486 e. The zero-order valence-corrected chi connectivity index (χ0v) is 11.2. The first kappa shape index (κ1) is 14.6. The Labute approximate surface area is 120 Å². The Hall–Kier alpha value is -2.81. The van der Waals surface area contributed by atoms with Crippen LogP contribution in [0.15, 0.2) is 40.8 Å². The van der Waals surface area contributed by atoms with Gasteiger partial charge in [0.2, 0.25) is 5.76 Å². The van der Waals surface area contributed by atoms with Crippen LogP contribution in [0.1, 0.15) is 23.2 Å². The van der Waals surface area contributed by atoms with Crippen molar-refractivity contribution < 1.29 is 23.1 Å². The van der Waals surface area contributed by atoms with Crippen molar-refractivity contribution in [2.45, 2.75) is 19.6 Å². The van der Waals surface area contributed by atoms with Crippen molar-refractivity contribution in [2.75, 3.05) is 0 Å². The second-order valence-electron chi connectivity index (χ2n) is 4.19. The zero-order valence-electron chi connectivity index (χ0n) is 11.2. The van der Waals surface area contributed by atoms with Crippen LogP contribution < -0.4 is 4.74 Å². The molecular formula is C15H12FNO4. The summed E-state index contributed by atoms with van der Waals surface area (Å²) in [4.78, 5) is 11.6. The lowest BCUT2D eigenvalue weighted by Gasteiger charge is -2.04. The monoisotopic (exact) mass is 289 g/mol. The lowest BCUT2D eigenvalue weighted by molar-refractivity contribution is 0.0395. The van der Waals surface area contributed by atoms with Crippen molar-refractivity contribution in [2.24, 2.45) is 0 Å². The first-order valence-electron chi connectivity index (χ1n) is 6.16. The van der Waals surface area contributed by atoms with Crippen LogP contribution in [-0.2, 0) is 11.3 Å². The minimum absolute atomic E-state index is 0.00481. The van der Waals surface area contributed by atoms with E-state index in [1.165, 1.54) is 37.3 Å². The maximum Gasteiger partial charge on any atom is 0.375 e. The van der Waals surface area contributed by atoms with Crippen LogP contribution in [0.2, 0.25) is 0 Å². The van der Waals surface area contributed by atoms with Gasteiger partial charge in [-0.3, -0.25) is 0 Å². The molecule has 2 rings (SSSR count). The Morgan fingerprint density at radius 2 is 2.05 bits per heavy atom. The van der Waals surface area contributed by atoms with Gasteiger partial charge in [0, 0.05) is 0 Å². The number of nitriles is 1. The van der Waals surface area contributed by atoms with Gasteiger partial charge < -0.3 is 13.9 Å². The molecule has 0 aliphatic carbocycles. The number of hydrogen-bond acceptors (Lipinski definition) is 5. The van der Waals surface area contributed by atoms with Gasteiger partial charge in [0.05, 0.1) is 0 Å². The number of furan rings is 1. The highest BCUT2D eigenvalue weighted by molar-refractivity contribution is 5.86. The molecule has 0 bridgehead atoms. The summed E-state index contributed by atoms with van der Waals surface area (Å²) in [6.45, 7) is 1.55. The Morgan fingerprint density at radius 3 is 2.71 bits per heavy atom. The molecule has 0 N–H and O–H groups in total. The molecule has 0 unspecified atom stereocenters. The largest absolute Gasteiger partial charge is 0.486 e. The molecule has 1 aromatic heterocycles. The molecule has 0 fully saturated rings. The van der Waals surface area contributed by atoms with Crippen LogP contribution in [0.25, 0.3) is 0 Å². The number of esters is 1. The lowest BCUT2D eigenvalue weighted by atomic mass is 10.3. The van der Waals surface area contributed by atoms with E-state index >= 15 is 0 Å². The van der Waals surface area contributed by atoms with E-state index < -0.39 is 12.1 Å². The summed E-state index contributed by atoms with van der Waals surface area (Å²) in [6, 6.07) is 10.3. The topological polar surface area (TPSA) is 72.5 Å². The van der Waals surface area contributed by atoms with Crippen LogP contribution in [0.5, 0.6) is 5.75 Å². The third kappa shape index (κ3) is 4.08. The minimum atomic E-state index is -0.846. The highest BCUT2D eigenvalue weighted by Gasteiger charge is 2.15. The molecule has 108 valence electrons. The molecule has 21 heavy (non-hydrogen) atoms. The highest BCUT2D eigenvalue weighted by atomic mass is 19.1. The highest BCUT2D eigenvalue weighted by Crippen LogP contribution is 2.15. The van der Waals surface area contributed by atoms with Crippen LogP contribution >= 0.6 is 0 Å². The third-order valence-corrected chi connectivity index (χ3v) is 2.52. The van der Waals surface area contributed by atoms with Gasteiger partial charge in [-0.05, 0) is 43.3 Å². The molecule has 0 spiro atoms. The third-order valence-electron chi connectivity index (χ3n) is 2.52. The fraction of sp³-hybridized carbons (Fsp3) is 0.200. The van der Waals surface area contributed by atoms with Gasteiger partial charge in [0.1, 0.15) is 30.0 Å². The normalized spacial score (nSPS) is 11.5. The summed E-state index contributed by atoms with van der Waals surface area (Å²) in [5, 5.41) is 8.56. The first-order chi connectivity index (χ1) is 10.1. The van der Waals surface area contributed by atoms with Gasteiger partial charge in [0.15, 0.2) is 6.10 Å². The smallest absolute Gasteiger partial charge is 0.375 e. The van der Waals surface area contributed by atoms with E-state index in [1.807, 2.05) is 0 Å². The van der Waals surface area contributed by atoms with Crippen molar-refractivity contribution in [3.63, 3.8) is 0 Å². The van der Waals surface area contributed by atoms with E-state index in [1.54, 1.807) is 12.1 Å². The molecule has 0 aliphatic rings. The quantitative estimate of drug-likeness (QED) is 0.791. The van der Waals surface area contributed by atoms with Crippen LogP contribution in [0.3, 0.4) is 0 Å². The molecular weight excluding hydrogens is 277 g/mol. The van der Waals surface area contributed by atoms with Crippen LogP contribution in [-0.4, -0.2) is 12.1 Å². The number of carbonyl (C=O) groups is 1. The Kier molecular flexibility index (Phi) is 4.57. The summed E-state index contributed by atoms with van der Waals surface area (Å²) in [6.07, 6.45) is -0.846. The van der Waals surface area contributed by atoms with E-state index in [4.69, 9.17) is 19.2 Å². The van der Waals surface area contributed by atoms with Gasteiger partial charge in [-0.2, -0.15) is 5.26 Å². The maximum atomic E-state index is 12.7. The Morgan fingerprint density at radius 1 is 1.33 bits per heavy atom. The summed E-state index contributed by atoms with van der Waals surface area (Å²) in [5.41, 5.74) is 0. The van der Waals surface area contributed by atoms with Crippen LogP contribution in [0, 0.1) is 17.1 Å². The SMILES string of the molecule is C[C@@H](C#N)OC(=O)c1ccc(COc2ccc(F)cc2)o1. The van der Waals surface area contributed by atoms with Crippen molar-refractivity contribution in [3.05, 3.63) is 53.7 Å². The van der Waals surface area contributed by atoms with Crippen molar-refractivity contribution in [1.29, 1.82) is 5.26 Å². The van der Waals surface area contributed by atoms with Gasteiger partial charge in [-0.1, -0.05) is 0 Å². The second-order valence-corrected chi connectivity index (χ2v) is 4.19. The lowest BCUT2D eigenvalue weighted by Crippen LogP contribution is -2.12. The van der Waals surface area contributed by atoms with Gasteiger partial charge in [-0.15, -0.1) is 0 Å². The predicted octanol–water partition coefficient (Wildman–Crippen LogP) is 3.07. The van der Waals surface area contributed by atoms with E-state index in [9.17, 15) is 9.18 Å². The Bertz CT molecular complexity index is 657. The van der Waals surface area contributed by atoms with E-state index in [2.05, 4.69) is 0 Å². The molecule has 1 aromatic carbocycles. The summed E-state index contributed by atoms with van der Waals surface area (Å²) in [5.74, 6) is -0.171. The van der Waals surface area contributed by atoms with Crippen molar-refractivity contribution >= 4 is 5.97 Å². The van der Waals surface area contributed by atoms with Crippen molar-refractivity contribution in [1.82, 2.24) is 0 Å². The number of rotatable bonds is 5. The van der Waals surface area contributed by atoms with E-state index in [0.717, 1.165) is 0 Å². The average molecular weight is 289 g/mol. The molecule has 5 nitrogen and oxygen atoms in total. The number of halogens is 1. The van der Waals surface area contributed by atoms with E-state index in [0.29, 0.717) is 11.5 Å². The van der Waals surface area contributed by atoms with Gasteiger partial charge in [0.25, 0.3) is 0 Å². The van der Waals surface area contributed by atoms with E-state index in [-0.39, 0.29) is 18.2 Å². The summed E-state index contributed by atoms with van der Waals surface area (Å²) < 4.78 is 28.2. The number of hydrogen-bond donors (Lipinski definition) is 0. The summed E-state index contributed by atoms with van der Waals surface area (Å²) in [7, 11) is 0. The fourth-order valence-corrected chi connectivity index (χ4v) is 1.50. The molecule has 6 heteroatoms. The summed E-state index contributed by atoms with van der Waals surface area (Å²) >= 11 is 0. The first-order valence-corrected chi connectivity index (χ1v) is 6.16. The molecule has 0 aliphatic heterocycles. The number of ether oxygens (including phenoxy) is 2. The maximum absolute atomic E-state index is 12.7. The zero-order chi connectivity index (χ0) is 15.2. The second kappa shape index (κ2) is 6.57. The molecule has 0 amide bonds. The predicted molar refractivity (Wildman–Crippen MR) is 69.9 cm³/mol. The van der Waals surface area contributed by atoms with Gasteiger partial charge in [-0.25, -0.2) is 9.18 Å². The molecule has 1 atom stereocenters. The molecule has 0 saturated carbocycles.